The molecule has 0 N–H and O–H groups in total. The molecule has 1 fully saturated rings. The molecular formula is C18H16O3. The van der Waals surface area contributed by atoms with Gasteiger partial charge in [0.2, 0.25) is 0 Å². The number of carbonyl (C=O) groups excluding carboxylic acids is 1. The lowest BCUT2D eigenvalue weighted by atomic mass is 10.1. The molecule has 0 saturated carbocycles. The molecular weight excluding hydrogens is 264 g/mol. The Labute approximate surface area is 123 Å². The van der Waals surface area contributed by atoms with Gasteiger partial charge in [0.1, 0.15) is 18.5 Å². The molecule has 0 spiro atoms. The molecule has 0 unspecified atom stereocenters. The van der Waals surface area contributed by atoms with Crippen molar-refractivity contribution in [3.63, 3.8) is 0 Å². The molecule has 2 aromatic carbocycles. The molecule has 1 heterocycles. The Bertz CT molecular complexity index is 625. The Morgan fingerprint density at radius 3 is 2.52 bits per heavy atom. The van der Waals surface area contributed by atoms with E-state index in [1.165, 1.54) is 0 Å². The lowest BCUT2D eigenvalue weighted by Crippen LogP contribution is -2.04. The molecule has 21 heavy (non-hydrogen) atoms. The van der Waals surface area contributed by atoms with Crippen LogP contribution in [0.4, 0.5) is 0 Å². The number of rotatable bonds is 6. The highest BCUT2D eigenvalue weighted by atomic mass is 16.6. The fourth-order valence-electron chi connectivity index (χ4n) is 1.90. The van der Waals surface area contributed by atoms with Crippen LogP contribution in [0.5, 0.6) is 5.75 Å². The van der Waals surface area contributed by atoms with Crippen LogP contribution in [0.25, 0.3) is 6.08 Å². The Balaban J connectivity index is 1.60. The van der Waals surface area contributed by atoms with Crippen molar-refractivity contribution in [3.8, 4) is 5.75 Å². The first kappa shape index (κ1) is 13.6. The van der Waals surface area contributed by atoms with Crippen molar-refractivity contribution in [1.82, 2.24) is 0 Å². The summed E-state index contributed by atoms with van der Waals surface area (Å²) in [5, 5.41) is 0. The summed E-state index contributed by atoms with van der Waals surface area (Å²) in [7, 11) is 0. The van der Waals surface area contributed by atoms with Gasteiger partial charge in [-0.15, -0.1) is 0 Å². The fraction of sp³-hybridized carbons (Fsp3) is 0.167. The van der Waals surface area contributed by atoms with Crippen molar-refractivity contribution in [1.29, 1.82) is 0 Å². The molecule has 106 valence electrons. The van der Waals surface area contributed by atoms with Crippen molar-refractivity contribution in [2.75, 3.05) is 13.2 Å². The maximum Gasteiger partial charge on any atom is 0.185 e. The number of benzene rings is 2. The molecule has 1 aliphatic heterocycles. The summed E-state index contributed by atoms with van der Waals surface area (Å²) in [6.45, 7) is 1.35. The highest BCUT2D eigenvalue weighted by Gasteiger charge is 2.22. The zero-order valence-electron chi connectivity index (χ0n) is 11.6. The molecule has 0 bridgehead atoms. The average molecular weight is 280 g/mol. The van der Waals surface area contributed by atoms with E-state index in [0.29, 0.717) is 12.2 Å². The lowest BCUT2D eigenvalue weighted by Gasteiger charge is -2.04. The van der Waals surface area contributed by atoms with Gasteiger partial charge in [0.15, 0.2) is 5.78 Å². The standard InChI is InChI=1S/C18H16O3/c19-18(11-6-14-4-2-1-3-5-14)15-7-9-16(10-8-15)20-12-17-13-21-17/h1-11,17H,12-13H2/b11-6+/t17-/m0/s1. The summed E-state index contributed by atoms with van der Waals surface area (Å²) in [4.78, 5) is 12.1. The SMILES string of the molecule is O=C(/C=C/c1ccccc1)c1ccc(OC[C@H]2CO2)cc1. The van der Waals surface area contributed by atoms with Crippen molar-refractivity contribution in [2.45, 2.75) is 6.10 Å². The average Bonchev–Trinajstić information content (AvgIpc) is 3.36. The predicted octanol–water partition coefficient (Wildman–Crippen LogP) is 3.36. The van der Waals surface area contributed by atoms with Crippen molar-refractivity contribution in [2.24, 2.45) is 0 Å². The Morgan fingerprint density at radius 2 is 1.86 bits per heavy atom. The highest BCUT2D eigenvalue weighted by molar-refractivity contribution is 6.06. The number of allylic oxidation sites excluding steroid dienone is 1. The van der Waals surface area contributed by atoms with Crippen molar-refractivity contribution in [3.05, 3.63) is 71.8 Å². The lowest BCUT2D eigenvalue weighted by molar-refractivity contribution is 0.104. The topological polar surface area (TPSA) is 38.8 Å². The van der Waals surface area contributed by atoms with Crippen molar-refractivity contribution < 1.29 is 14.3 Å². The summed E-state index contributed by atoms with van der Waals surface area (Å²) in [6.07, 6.45) is 3.64. The minimum atomic E-state index is -0.0177. The first-order valence-corrected chi connectivity index (χ1v) is 6.93. The summed E-state index contributed by atoms with van der Waals surface area (Å²) >= 11 is 0. The molecule has 1 atom stereocenters. The summed E-state index contributed by atoms with van der Waals surface area (Å²) in [5.74, 6) is 0.741. The molecule has 0 aromatic heterocycles. The van der Waals surface area contributed by atoms with Gasteiger partial charge in [-0.2, -0.15) is 0 Å². The van der Waals surface area contributed by atoms with E-state index in [9.17, 15) is 4.79 Å². The van der Waals surface area contributed by atoms with Crippen LogP contribution in [0, 0.1) is 0 Å². The number of epoxide rings is 1. The zero-order chi connectivity index (χ0) is 14.5. The van der Waals surface area contributed by atoms with E-state index in [2.05, 4.69) is 0 Å². The number of ether oxygens (including phenoxy) is 2. The third-order valence-electron chi connectivity index (χ3n) is 3.20. The third kappa shape index (κ3) is 4.04. The summed E-state index contributed by atoms with van der Waals surface area (Å²) < 4.78 is 10.6. The van der Waals surface area contributed by atoms with Gasteiger partial charge in [-0.1, -0.05) is 36.4 Å². The summed E-state index contributed by atoms with van der Waals surface area (Å²) in [5.41, 5.74) is 1.66. The molecule has 0 radical (unpaired) electrons. The molecule has 1 saturated heterocycles. The van der Waals surface area contributed by atoms with E-state index in [4.69, 9.17) is 9.47 Å². The second kappa shape index (κ2) is 6.37. The number of hydrogen-bond acceptors (Lipinski definition) is 3. The maximum atomic E-state index is 12.1. The van der Waals surface area contributed by atoms with E-state index in [-0.39, 0.29) is 11.9 Å². The van der Waals surface area contributed by atoms with Crippen molar-refractivity contribution >= 4 is 11.9 Å². The van der Waals surface area contributed by atoms with Crippen LogP contribution < -0.4 is 4.74 Å². The van der Waals surface area contributed by atoms with Gasteiger partial charge in [-0.05, 0) is 35.9 Å². The Morgan fingerprint density at radius 1 is 1.14 bits per heavy atom. The number of hydrogen-bond donors (Lipinski definition) is 0. The van der Waals surface area contributed by atoms with Gasteiger partial charge in [-0.3, -0.25) is 4.79 Å². The van der Waals surface area contributed by atoms with Crippen LogP contribution in [-0.4, -0.2) is 25.1 Å². The molecule has 0 amide bonds. The minimum absolute atomic E-state index is 0.0177. The molecule has 1 aliphatic rings. The Kier molecular flexibility index (Phi) is 4.12. The van der Waals surface area contributed by atoms with E-state index in [1.807, 2.05) is 48.5 Å². The fourth-order valence-corrected chi connectivity index (χ4v) is 1.90. The van der Waals surface area contributed by atoms with E-state index >= 15 is 0 Å². The third-order valence-corrected chi connectivity index (χ3v) is 3.20. The van der Waals surface area contributed by atoms with Crippen LogP contribution in [0.2, 0.25) is 0 Å². The molecule has 3 heteroatoms. The molecule has 2 aromatic rings. The van der Waals surface area contributed by atoms with Crippen LogP contribution in [-0.2, 0) is 4.74 Å². The van der Waals surface area contributed by atoms with Crippen LogP contribution >= 0.6 is 0 Å². The maximum absolute atomic E-state index is 12.1. The van der Waals surface area contributed by atoms with Gasteiger partial charge in [-0.25, -0.2) is 0 Å². The highest BCUT2D eigenvalue weighted by Crippen LogP contribution is 2.16. The quantitative estimate of drug-likeness (QED) is 0.462. The van der Waals surface area contributed by atoms with Crippen LogP contribution in [0.1, 0.15) is 15.9 Å². The van der Waals surface area contributed by atoms with E-state index in [0.717, 1.165) is 17.9 Å². The summed E-state index contributed by atoms with van der Waals surface area (Å²) in [6, 6.07) is 16.9. The molecule has 3 nitrogen and oxygen atoms in total. The van der Waals surface area contributed by atoms with Crippen LogP contribution in [0.3, 0.4) is 0 Å². The van der Waals surface area contributed by atoms with E-state index in [1.54, 1.807) is 18.2 Å². The van der Waals surface area contributed by atoms with Gasteiger partial charge in [0.05, 0.1) is 6.61 Å². The second-order valence-electron chi connectivity index (χ2n) is 4.90. The number of ketones is 1. The normalized spacial score (nSPS) is 16.9. The monoisotopic (exact) mass is 280 g/mol. The first-order chi connectivity index (χ1) is 10.3. The first-order valence-electron chi connectivity index (χ1n) is 6.93. The zero-order valence-corrected chi connectivity index (χ0v) is 11.6. The largest absolute Gasteiger partial charge is 0.491 e. The van der Waals surface area contributed by atoms with Gasteiger partial charge in [0.25, 0.3) is 0 Å². The van der Waals surface area contributed by atoms with E-state index < -0.39 is 0 Å². The van der Waals surface area contributed by atoms with Gasteiger partial charge >= 0.3 is 0 Å². The minimum Gasteiger partial charge on any atom is -0.491 e. The number of carbonyl (C=O) groups is 1. The van der Waals surface area contributed by atoms with Crippen LogP contribution in [0.15, 0.2) is 60.7 Å². The van der Waals surface area contributed by atoms with Gasteiger partial charge in [0, 0.05) is 5.56 Å². The Hall–Kier alpha value is -2.39. The predicted molar refractivity (Wildman–Crippen MR) is 81.5 cm³/mol. The molecule has 0 aliphatic carbocycles. The second-order valence-corrected chi connectivity index (χ2v) is 4.90. The smallest absolute Gasteiger partial charge is 0.185 e. The van der Waals surface area contributed by atoms with Gasteiger partial charge < -0.3 is 9.47 Å². The molecule has 3 rings (SSSR count).